The molecular formula is C38H44O12Si. The summed E-state index contributed by atoms with van der Waals surface area (Å²) < 4.78 is 38.8. The first-order chi connectivity index (χ1) is 23.8. The zero-order chi connectivity index (χ0) is 36.9. The zero-order valence-corrected chi connectivity index (χ0v) is 30.9. The molecule has 2 aromatic carbocycles. The van der Waals surface area contributed by atoms with E-state index in [1.807, 2.05) is 102 Å². The Morgan fingerprint density at radius 2 is 1.41 bits per heavy atom. The van der Waals surface area contributed by atoms with Gasteiger partial charge < -0.3 is 38.3 Å². The lowest BCUT2D eigenvalue weighted by Gasteiger charge is -2.52. The number of esters is 4. The number of ether oxygens (including phenoxy) is 5. The Morgan fingerprint density at radius 1 is 0.843 bits per heavy atom. The van der Waals surface area contributed by atoms with Crippen LogP contribution in [0.2, 0.25) is 5.04 Å². The number of hydrogen-bond acceptors (Lipinski definition) is 12. The molecule has 12 atom stereocenters. The van der Waals surface area contributed by atoms with E-state index in [1.165, 1.54) is 13.8 Å². The van der Waals surface area contributed by atoms with Gasteiger partial charge in [0.25, 0.3) is 8.32 Å². The highest BCUT2D eigenvalue weighted by Crippen LogP contribution is 2.85. The smallest absolute Gasteiger partial charge is 0.343 e. The fraction of sp³-hybridized carbons (Fsp3) is 0.579. The van der Waals surface area contributed by atoms with Gasteiger partial charge in [0.1, 0.15) is 6.10 Å². The van der Waals surface area contributed by atoms with Crippen LogP contribution in [0.3, 0.4) is 0 Å². The molecule has 12 nitrogen and oxygen atoms in total. The second-order valence-electron chi connectivity index (χ2n) is 17.1. The maximum Gasteiger partial charge on any atom is 0.343 e. The van der Waals surface area contributed by atoms with E-state index in [2.05, 4.69) is 0 Å². The van der Waals surface area contributed by atoms with Crippen molar-refractivity contribution in [3.8, 4) is 0 Å². The molecule has 4 aliphatic heterocycles. The van der Waals surface area contributed by atoms with Crippen LogP contribution in [0.1, 0.15) is 55.4 Å². The molecule has 6 fully saturated rings. The Labute approximate surface area is 296 Å². The van der Waals surface area contributed by atoms with Crippen LogP contribution in [-0.2, 0) is 47.3 Å². The molecule has 2 spiro atoms. The molecule has 2 aromatic rings. The van der Waals surface area contributed by atoms with Crippen LogP contribution in [-0.4, -0.2) is 90.4 Å². The third-order valence-corrected chi connectivity index (χ3v) is 17.9. The van der Waals surface area contributed by atoms with Gasteiger partial charge in [-0.25, -0.2) is 9.59 Å². The fourth-order valence-corrected chi connectivity index (χ4v) is 16.2. The summed E-state index contributed by atoms with van der Waals surface area (Å²) in [5.74, 6) is -5.82. The maximum atomic E-state index is 14.8. The van der Waals surface area contributed by atoms with Crippen LogP contribution >= 0.6 is 0 Å². The molecule has 13 heteroatoms. The van der Waals surface area contributed by atoms with Crippen molar-refractivity contribution in [3.63, 3.8) is 0 Å². The number of carbonyl (C=O) groups is 4. The predicted molar refractivity (Wildman–Crippen MR) is 179 cm³/mol. The van der Waals surface area contributed by atoms with Crippen LogP contribution < -0.4 is 10.4 Å². The van der Waals surface area contributed by atoms with Crippen LogP contribution in [0.15, 0.2) is 60.7 Å². The van der Waals surface area contributed by atoms with Crippen LogP contribution in [0.4, 0.5) is 0 Å². The van der Waals surface area contributed by atoms with E-state index >= 15 is 0 Å². The molecule has 0 amide bonds. The molecule has 51 heavy (non-hydrogen) atoms. The summed E-state index contributed by atoms with van der Waals surface area (Å²) in [6, 6.07) is 19.3. The summed E-state index contributed by atoms with van der Waals surface area (Å²) in [7, 11) is -3.68. The molecule has 6 aliphatic rings. The summed E-state index contributed by atoms with van der Waals surface area (Å²) in [6.45, 7) is 14.4. The van der Waals surface area contributed by atoms with Crippen LogP contribution in [0, 0.1) is 28.1 Å². The van der Waals surface area contributed by atoms with Gasteiger partial charge in [-0.3, -0.25) is 9.59 Å². The summed E-state index contributed by atoms with van der Waals surface area (Å²) in [5, 5.41) is 26.6. The molecule has 0 unspecified atom stereocenters. The van der Waals surface area contributed by atoms with E-state index in [9.17, 15) is 29.4 Å². The number of aliphatic hydroxyl groups is 2. The minimum atomic E-state index is -3.68. The van der Waals surface area contributed by atoms with Gasteiger partial charge >= 0.3 is 23.9 Å². The average molecular weight is 721 g/mol. The predicted octanol–water partition coefficient (Wildman–Crippen LogP) is 1.76. The average Bonchev–Trinajstić information content (AvgIpc) is 3.76. The normalized spacial score (nSPS) is 42.1. The van der Waals surface area contributed by atoms with Crippen molar-refractivity contribution in [2.75, 3.05) is 0 Å². The molecule has 8 rings (SSSR count). The molecule has 0 aromatic heterocycles. The molecule has 4 heterocycles. The molecule has 2 saturated carbocycles. The van der Waals surface area contributed by atoms with E-state index in [0.717, 1.165) is 10.4 Å². The minimum Gasteiger partial charge on any atom is -0.458 e. The van der Waals surface area contributed by atoms with E-state index in [1.54, 1.807) is 0 Å². The number of hydrogen-bond donors (Lipinski definition) is 2. The lowest BCUT2D eigenvalue weighted by Crippen LogP contribution is -2.72. The number of carbonyl (C=O) groups excluding carboxylic acids is 4. The fourth-order valence-electron chi connectivity index (χ4n) is 11.5. The Kier molecular flexibility index (Phi) is 6.95. The van der Waals surface area contributed by atoms with E-state index in [4.69, 9.17) is 28.1 Å². The van der Waals surface area contributed by atoms with Gasteiger partial charge in [0.15, 0.2) is 23.9 Å². The van der Waals surface area contributed by atoms with Gasteiger partial charge in [-0.15, -0.1) is 0 Å². The lowest BCUT2D eigenvalue weighted by atomic mass is 9.51. The zero-order valence-electron chi connectivity index (χ0n) is 29.9. The Hall–Kier alpha value is -3.62. The molecule has 2 aliphatic carbocycles. The van der Waals surface area contributed by atoms with Crippen molar-refractivity contribution >= 4 is 42.6 Å². The second-order valence-corrected chi connectivity index (χ2v) is 21.4. The molecule has 0 bridgehead atoms. The number of aliphatic hydroxyl groups excluding tert-OH is 1. The van der Waals surface area contributed by atoms with Crippen LogP contribution in [0.25, 0.3) is 0 Å². The lowest BCUT2D eigenvalue weighted by molar-refractivity contribution is -0.240. The quantitative estimate of drug-likeness (QED) is 0.262. The van der Waals surface area contributed by atoms with Crippen molar-refractivity contribution in [2.24, 2.45) is 28.1 Å². The molecular weight excluding hydrogens is 676 g/mol. The van der Waals surface area contributed by atoms with Gasteiger partial charge in [0.05, 0.1) is 22.9 Å². The summed E-state index contributed by atoms with van der Waals surface area (Å²) in [6.07, 6.45) is -9.21. The Bertz CT molecular complexity index is 1800. The first-order valence-corrected chi connectivity index (χ1v) is 19.4. The van der Waals surface area contributed by atoms with Gasteiger partial charge in [-0.2, -0.15) is 0 Å². The van der Waals surface area contributed by atoms with Crippen LogP contribution in [0.5, 0.6) is 0 Å². The van der Waals surface area contributed by atoms with Gasteiger partial charge in [0, 0.05) is 12.8 Å². The third kappa shape index (κ3) is 3.55. The number of rotatable bonds is 5. The largest absolute Gasteiger partial charge is 0.458 e. The van der Waals surface area contributed by atoms with Gasteiger partial charge in [0.2, 0.25) is 11.9 Å². The highest BCUT2D eigenvalue weighted by Gasteiger charge is 3.06. The van der Waals surface area contributed by atoms with Crippen molar-refractivity contribution in [1.82, 2.24) is 0 Å². The van der Waals surface area contributed by atoms with E-state index in [0.29, 0.717) is 0 Å². The van der Waals surface area contributed by atoms with Crippen molar-refractivity contribution in [2.45, 2.75) is 108 Å². The molecule has 272 valence electrons. The Morgan fingerprint density at radius 3 is 1.92 bits per heavy atom. The standard InChI is InChI=1S/C38H44O12Si/c1-19-29(41)46-28-27(50-51(34(6,7)8,21-15-11-9-12-16-21)22-17-13-10-14-18-22)36-26-23(45-20(2)39)24(33(3,4)5)35(36)25(40)30(42)48-32(35)49-38(36,31(43)47-26)37(19,28)44/h9-19,23-28,32,40,44H,1-8H3/t19-,23-,24+,25+,26-,27-,28+,32+,35+,36+,37-,38-/m1/s1. The minimum absolute atomic E-state index is 0.664. The topological polar surface area (TPSA) is 164 Å². The van der Waals surface area contributed by atoms with Gasteiger partial charge in [-0.05, 0) is 27.8 Å². The summed E-state index contributed by atoms with van der Waals surface area (Å²) in [4.78, 5) is 55.1. The van der Waals surface area contributed by atoms with E-state index < -0.39 is 113 Å². The van der Waals surface area contributed by atoms with Gasteiger partial charge in [-0.1, -0.05) is 102 Å². The Balaban J connectivity index is 1.52. The third-order valence-electron chi connectivity index (χ3n) is 12.9. The first-order valence-electron chi connectivity index (χ1n) is 17.5. The number of fused-ring (bicyclic) bond motifs is 1. The summed E-state index contributed by atoms with van der Waals surface area (Å²) in [5.41, 5.74) is -9.65. The van der Waals surface area contributed by atoms with Crippen molar-refractivity contribution in [3.05, 3.63) is 60.7 Å². The molecule has 0 radical (unpaired) electrons. The van der Waals surface area contributed by atoms with Crippen molar-refractivity contribution in [1.29, 1.82) is 0 Å². The first kappa shape index (κ1) is 34.5. The molecule has 2 N–H and O–H groups in total. The maximum absolute atomic E-state index is 14.8. The highest BCUT2D eigenvalue weighted by molar-refractivity contribution is 6.99. The second kappa shape index (κ2) is 10.3. The molecule has 4 saturated heterocycles. The highest BCUT2D eigenvalue weighted by atomic mass is 28.4. The number of benzene rings is 2. The van der Waals surface area contributed by atoms with Crippen molar-refractivity contribution < 1.29 is 57.5 Å². The monoisotopic (exact) mass is 720 g/mol. The SMILES string of the molecule is CC(=O)O[C@H]1[C@H]2OC(=O)[C@@]34O[C@@H]5OC(=O)[C@H](O)[C@]5([C@@H]1C(C)(C)C)[C@@]23[C@H](O[Si](c1ccccc1)(c1ccccc1)C(C)(C)C)[C@@H]1OC(=O)[C@@H](C)[C@@]14O. The summed E-state index contributed by atoms with van der Waals surface area (Å²) >= 11 is 0. The van der Waals surface area contributed by atoms with E-state index in [-0.39, 0.29) is 0 Å².